The number of aromatic nitrogens is 4. The van der Waals surface area contributed by atoms with Crippen LogP contribution in [-0.2, 0) is 17.7 Å². The van der Waals surface area contributed by atoms with Crippen molar-refractivity contribution in [3.8, 4) is 0 Å². The molecule has 1 aliphatic carbocycles. The first-order valence-corrected chi connectivity index (χ1v) is 12.0. The van der Waals surface area contributed by atoms with Crippen molar-refractivity contribution in [3.05, 3.63) is 97.0 Å². The molecule has 184 valence electrons. The van der Waals surface area contributed by atoms with Gasteiger partial charge >= 0.3 is 11.7 Å². The number of nitrogens with one attached hydrogen (secondary N) is 1. The highest BCUT2D eigenvalue weighted by atomic mass is 32.1. The van der Waals surface area contributed by atoms with Crippen molar-refractivity contribution >= 4 is 30.3 Å². The van der Waals surface area contributed by atoms with Crippen molar-refractivity contribution in [3.63, 3.8) is 0 Å². The quantitative estimate of drug-likeness (QED) is 0.263. The highest BCUT2D eigenvalue weighted by Gasteiger charge is 2.29. The molecule has 3 heterocycles. The van der Waals surface area contributed by atoms with Gasteiger partial charge in [0.05, 0.1) is 18.2 Å². The number of aryl methyl sites for hydroxylation is 2. The SMILES string of the molecule is CCOC(=O)c1coc(Cn2cc(C3c4ccc(CC)cc4C=Cc4oc(C)nc43)c(=S)[nH]c2=O)n1. The molecule has 4 aromatic rings. The van der Waals surface area contributed by atoms with Crippen LogP contribution in [0.15, 0.2) is 44.3 Å². The molecule has 9 nitrogen and oxygen atoms in total. The number of carbonyl (C=O) groups excluding carboxylic acids is 1. The molecule has 0 radical (unpaired) electrons. The minimum Gasteiger partial charge on any atom is -0.461 e. The fourth-order valence-electron chi connectivity index (χ4n) is 4.34. The molecule has 36 heavy (non-hydrogen) atoms. The van der Waals surface area contributed by atoms with Gasteiger partial charge in [-0.15, -0.1) is 0 Å². The number of hydrogen-bond donors (Lipinski definition) is 1. The molecule has 10 heteroatoms. The Morgan fingerprint density at radius 1 is 1.22 bits per heavy atom. The predicted octanol–water partition coefficient (Wildman–Crippen LogP) is 4.64. The third-order valence-corrected chi connectivity index (χ3v) is 6.38. The van der Waals surface area contributed by atoms with Crippen LogP contribution in [0.4, 0.5) is 0 Å². The van der Waals surface area contributed by atoms with Crippen molar-refractivity contribution in [2.45, 2.75) is 39.7 Å². The van der Waals surface area contributed by atoms with Gasteiger partial charge in [-0.05, 0) is 36.1 Å². The zero-order chi connectivity index (χ0) is 25.4. The Morgan fingerprint density at radius 2 is 2.06 bits per heavy atom. The molecule has 0 fully saturated rings. The van der Waals surface area contributed by atoms with Crippen LogP contribution < -0.4 is 5.69 Å². The van der Waals surface area contributed by atoms with Gasteiger partial charge in [-0.1, -0.05) is 43.4 Å². The summed E-state index contributed by atoms with van der Waals surface area (Å²) in [4.78, 5) is 36.4. The third kappa shape index (κ3) is 4.35. The highest BCUT2D eigenvalue weighted by molar-refractivity contribution is 7.71. The Hall–Kier alpha value is -4.05. The number of benzene rings is 1. The van der Waals surface area contributed by atoms with Crippen LogP contribution in [0.3, 0.4) is 0 Å². The molecule has 0 bridgehead atoms. The molecular formula is C26H24N4O5S. The molecule has 0 amide bonds. The second-order valence-electron chi connectivity index (χ2n) is 8.38. The molecule has 3 aromatic heterocycles. The van der Waals surface area contributed by atoms with Crippen LogP contribution in [0.25, 0.3) is 12.2 Å². The maximum Gasteiger partial charge on any atom is 0.360 e. The Kier molecular flexibility index (Phi) is 6.27. The van der Waals surface area contributed by atoms with Gasteiger partial charge in [-0.25, -0.2) is 19.6 Å². The number of oxazole rings is 2. The Labute approximate surface area is 211 Å². The summed E-state index contributed by atoms with van der Waals surface area (Å²) < 4.78 is 18.0. The molecule has 0 aliphatic heterocycles. The molecule has 1 N–H and O–H groups in total. The minimum atomic E-state index is -0.587. The summed E-state index contributed by atoms with van der Waals surface area (Å²) in [6.45, 7) is 5.83. The van der Waals surface area contributed by atoms with E-state index >= 15 is 0 Å². The van der Waals surface area contributed by atoms with Gasteiger partial charge in [-0.3, -0.25) is 9.55 Å². The average molecular weight is 505 g/mol. The van der Waals surface area contributed by atoms with Gasteiger partial charge in [0.25, 0.3) is 0 Å². The van der Waals surface area contributed by atoms with Crippen LogP contribution in [0, 0.1) is 11.6 Å². The predicted molar refractivity (Wildman–Crippen MR) is 134 cm³/mol. The zero-order valence-corrected chi connectivity index (χ0v) is 20.8. The average Bonchev–Trinajstić information content (AvgIpc) is 3.44. The highest BCUT2D eigenvalue weighted by Crippen LogP contribution is 2.39. The van der Waals surface area contributed by atoms with Crippen LogP contribution >= 0.6 is 12.2 Å². The van der Waals surface area contributed by atoms with Crippen molar-refractivity contribution in [1.29, 1.82) is 0 Å². The lowest BCUT2D eigenvalue weighted by Crippen LogP contribution is -2.25. The zero-order valence-electron chi connectivity index (χ0n) is 20.0. The van der Waals surface area contributed by atoms with E-state index in [-0.39, 0.29) is 30.7 Å². The Balaban J connectivity index is 1.61. The summed E-state index contributed by atoms with van der Waals surface area (Å²) in [5, 5.41) is 0. The van der Waals surface area contributed by atoms with Gasteiger partial charge in [-0.2, -0.15) is 0 Å². The van der Waals surface area contributed by atoms with E-state index in [4.69, 9.17) is 25.8 Å². The van der Waals surface area contributed by atoms with E-state index in [2.05, 4.69) is 40.1 Å². The number of rotatable bonds is 6. The largest absolute Gasteiger partial charge is 0.461 e. The lowest BCUT2D eigenvalue weighted by molar-refractivity contribution is 0.0519. The van der Waals surface area contributed by atoms with E-state index in [0.717, 1.165) is 23.2 Å². The summed E-state index contributed by atoms with van der Waals surface area (Å²) in [6, 6.07) is 6.31. The summed E-state index contributed by atoms with van der Waals surface area (Å²) >= 11 is 5.62. The number of hydrogen-bond acceptors (Lipinski definition) is 8. The molecule has 0 saturated carbocycles. The summed E-state index contributed by atoms with van der Waals surface area (Å²) in [6.07, 6.45) is 7.75. The lowest BCUT2D eigenvalue weighted by atomic mass is 9.86. The second-order valence-corrected chi connectivity index (χ2v) is 8.79. The number of aromatic amines is 1. The first-order valence-electron chi connectivity index (χ1n) is 11.6. The molecule has 0 saturated heterocycles. The number of carbonyl (C=O) groups is 1. The van der Waals surface area contributed by atoms with Gasteiger partial charge in [0.1, 0.15) is 17.4 Å². The number of nitrogens with zero attached hydrogens (tertiary/aromatic N) is 3. The van der Waals surface area contributed by atoms with Crippen molar-refractivity contribution in [1.82, 2.24) is 19.5 Å². The van der Waals surface area contributed by atoms with E-state index in [1.165, 1.54) is 16.4 Å². The van der Waals surface area contributed by atoms with Crippen LogP contribution in [0.2, 0.25) is 0 Å². The maximum atomic E-state index is 12.8. The Morgan fingerprint density at radius 3 is 2.83 bits per heavy atom. The normalized spacial score (nSPS) is 14.2. The molecule has 5 rings (SSSR count). The number of fused-ring (bicyclic) bond motifs is 2. The number of H-pyrrole nitrogens is 1. The minimum absolute atomic E-state index is 0.00531. The van der Waals surface area contributed by atoms with Crippen LogP contribution in [0.5, 0.6) is 0 Å². The molecule has 1 unspecified atom stereocenters. The summed E-state index contributed by atoms with van der Waals surface area (Å²) in [5.41, 5.74) is 4.26. The van der Waals surface area contributed by atoms with E-state index in [1.54, 1.807) is 20.0 Å². The van der Waals surface area contributed by atoms with Crippen molar-refractivity contribution < 1.29 is 18.4 Å². The van der Waals surface area contributed by atoms with E-state index in [0.29, 0.717) is 21.9 Å². The fraction of sp³-hybridized carbons (Fsp3) is 0.269. The molecule has 1 atom stereocenters. The van der Waals surface area contributed by atoms with Crippen molar-refractivity contribution in [2.75, 3.05) is 6.61 Å². The van der Waals surface area contributed by atoms with Gasteiger partial charge in [0.2, 0.25) is 5.89 Å². The topological polar surface area (TPSA) is 116 Å². The van der Waals surface area contributed by atoms with Gasteiger partial charge < -0.3 is 13.6 Å². The van der Waals surface area contributed by atoms with Gasteiger partial charge in [0.15, 0.2) is 17.3 Å². The van der Waals surface area contributed by atoms with E-state index in [1.807, 2.05) is 12.2 Å². The molecule has 1 aliphatic rings. The van der Waals surface area contributed by atoms with E-state index < -0.39 is 11.7 Å². The van der Waals surface area contributed by atoms with E-state index in [9.17, 15) is 9.59 Å². The first-order chi connectivity index (χ1) is 17.4. The lowest BCUT2D eigenvalue weighted by Gasteiger charge is -2.19. The first kappa shape index (κ1) is 23.7. The second kappa shape index (κ2) is 9.54. The van der Waals surface area contributed by atoms with Crippen molar-refractivity contribution in [2.24, 2.45) is 0 Å². The summed E-state index contributed by atoms with van der Waals surface area (Å²) in [7, 11) is 0. The van der Waals surface area contributed by atoms with Crippen LogP contribution in [-0.4, -0.2) is 32.1 Å². The van der Waals surface area contributed by atoms with Crippen LogP contribution in [0.1, 0.15) is 75.7 Å². The molecule has 1 aromatic carbocycles. The molecule has 0 spiro atoms. The monoisotopic (exact) mass is 504 g/mol. The standard InChI is InChI=1S/C26H24N4O5S/c1-4-15-6-8-17-16(10-15)7-9-20-23(27-14(3)35-20)22(17)18-11-30(26(32)29-24(18)36)12-21-28-19(13-34-21)25(31)33-5-2/h6-11,13,22H,4-5,12H2,1-3H3,(H,29,32,36). The molecular weight excluding hydrogens is 480 g/mol. The summed E-state index contributed by atoms with van der Waals surface area (Å²) in [5.74, 6) is 0.410. The fourth-order valence-corrected chi connectivity index (χ4v) is 4.60. The third-order valence-electron chi connectivity index (χ3n) is 6.04. The van der Waals surface area contributed by atoms with Gasteiger partial charge in [0, 0.05) is 18.7 Å². The number of ether oxygens (including phenoxy) is 1. The smallest absolute Gasteiger partial charge is 0.360 e. The Bertz CT molecular complexity index is 1610. The maximum absolute atomic E-state index is 12.8. The number of esters is 1.